The standard InChI is InChI=1S/C14H17FN2O2/c1-8-4-9-6-16-7-12(9)17(8)14(19)11-3-2-10(15)5-13(11)18/h2-3,5,8-9,12,16,18H,4,6-7H2,1H3. The van der Waals surface area contributed by atoms with Gasteiger partial charge in [0, 0.05) is 31.2 Å². The monoisotopic (exact) mass is 264 g/mol. The van der Waals surface area contributed by atoms with Crippen molar-refractivity contribution in [3.63, 3.8) is 0 Å². The summed E-state index contributed by atoms with van der Waals surface area (Å²) in [7, 11) is 0. The highest BCUT2D eigenvalue weighted by Crippen LogP contribution is 2.34. The van der Waals surface area contributed by atoms with Gasteiger partial charge in [0.2, 0.25) is 0 Å². The Hall–Kier alpha value is -1.62. The molecule has 1 aromatic carbocycles. The first-order valence-corrected chi connectivity index (χ1v) is 6.60. The van der Waals surface area contributed by atoms with E-state index in [1.807, 2.05) is 11.8 Å². The third-order valence-corrected chi connectivity index (χ3v) is 4.20. The van der Waals surface area contributed by atoms with Crippen molar-refractivity contribution in [1.29, 1.82) is 0 Å². The van der Waals surface area contributed by atoms with E-state index in [0.29, 0.717) is 5.92 Å². The molecular formula is C14H17FN2O2. The van der Waals surface area contributed by atoms with Gasteiger partial charge in [-0.3, -0.25) is 4.79 Å². The van der Waals surface area contributed by atoms with Crippen molar-refractivity contribution >= 4 is 5.91 Å². The Morgan fingerprint density at radius 1 is 1.47 bits per heavy atom. The third kappa shape index (κ3) is 1.98. The number of nitrogens with zero attached hydrogens (tertiary/aromatic N) is 1. The molecule has 19 heavy (non-hydrogen) atoms. The lowest BCUT2D eigenvalue weighted by Gasteiger charge is -2.28. The van der Waals surface area contributed by atoms with Gasteiger partial charge in [0.15, 0.2) is 0 Å². The van der Waals surface area contributed by atoms with Gasteiger partial charge in [0.25, 0.3) is 5.91 Å². The third-order valence-electron chi connectivity index (χ3n) is 4.20. The van der Waals surface area contributed by atoms with Crippen LogP contribution in [-0.4, -0.2) is 41.1 Å². The molecule has 1 aromatic rings. The zero-order valence-electron chi connectivity index (χ0n) is 10.8. The maximum absolute atomic E-state index is 13.0. The van der Waals surface area contributed by atoms with Crippen LogP contribution in [-0.2, 0) is 0 Å². The van der Waals surface area contributed by atoms with Crippen LogP contribution in [0.25, 0.3) is 0 Å². The van der Waals surface area contributed by atoms with Gasteiger partial charge < -0.3 is 15.3 Å². The maximum Gasteiger partial charge on any atom is 0.258 e. The van der Waals surface area contributed by atoms with Gasteiger partial charge in [-0.05, 0) is 31.4 Å². The van der Waals surface area contributed by atoms with Gasteiger partial charge in [-0.1, -0.05) is 0 Å². The molecule has 2 heterocycles. The molecule has 3 unspecified atom stereocenters. The molecule has 0 saturated carbocycles. The predicted octanol–water partition coefficient (Wildman–Crippen LogP) is 1.35. The average Bonchev–Trinajstić information content (AvgIpc) is 2.87. The van der Waals surface area contributed by atoms with E-state index in [0.717, 1.165) is 25.6 Å². The smallest absolute Gasteiger partial charge is 0.258 e. The fourth-order valence-electron chi connectivity index (χ4n) is 3.34. The van der Waals surface area contributed by atoms with E-state index in [-0.39, 0.29) is 29.3 Å². The molecule has 2 aliphatic heterocycles. The number of aromatic hydroxyl groups is 1. The second kappa shape index (κ2) is 4.49. The van der Waals surface area contributed by atoms with E-state index in [1.165, 1.54) is 12.1 Å². The second-order valence-electron chi connectivity index (χ2n) is 5.44. The van der Waals surface area contributed by atoms with Crippen LogP contribution in [0.3, 0.4) is 0 Å². The normalized spacial score (nSPS) is 29.6. The Morgan fingerprint density at radius 2 is 2.26 bits per heavy atom. The highest BCUT2D eigenvalue weighted by atomic mass is 19.1. The van der Waals surface area contributed by atoms with Crippen LogP contribution < -0.4 is 5.32 Å². The van der Waals surface area contributed by atoms with Gasteiger partial charge in [-0.2, -0.15) is 0 Å². The van der Waals surface area contributed by atoms with E-state index in [9.17, 15) is 14.3 Å². The number of nitrogens with one attached hydrogen (secondary N) is 1. The summed E-state index contributed by atoms with van der Waals surface area (Å²) < 4.78 is 13.0. The van der Waals surface area contributed by atoms with Crippen LogP contribution in [0, 0.1) is 11.7 Å². The number of rotatable bonds is 1. The highest BCUT2D eigenvalue weighted by molar-refractivity contribution is 5.97. The van der Waals surface area contributed by atoms with E-state index in [4.69, 9.17) is 0 Å². The number of fused-ring (bicyclic) bond motifs is 1. The number of hydrogen-bond acceptors (Lipinski definition) is 3. The number of likely N-dealkylation sites (tertiary alicyclic amines) is 1. The fourth-order valence-corrected chi connectivity index (χ4v) is 3.34. The van der Waals surface area contributed by atoms with Crippen LogP contribution in [0.15, 0.2) is 18.2 Å². The number of carbonyl (C=O) groups excluding carboxylic acids is 1. The summed E-state index contributed by atoms with van der Waals surface area (Å²) in [5.74, 6) is -0.543. The SMILES string of the molecule is CC1CC2CNCC2N1C(=O)c1ccc(F)cc1O. The molecule has 0 bridgehead atoms. The lowest BCUT2D eigenvalue weighted by atomic mass is 10.0. The average molecular weight is 264 g/mol. The number of halogens is 1. The van der Waals surface area contributed by atoms with Crippen molar-refractivity contribution in [2.45, 2.75) is 25.4 Å². The molecule has 5 heteroatoms. The van der Waals surface area contributed by atoms with Crippen LogP contribution >= 0.6 is 0 Å². The molecule has 4 nitrogen and oxygen atoms in total. The predicted molar refractivity (Wildman–Crippen MR) is 68.5 cm³/mol. The lowest BCUT2D eigenvalue weighted by molar-refractivity contribution is 0.0679. The van der Waals surface area contributed by atoms with Crippen molar-refractivity contribution in [3.05, 3.63) is 29.6 Å². The minimum Gasteiger partial charge on any atom is -0.507 e. The molecule has 3 rings (SSSR count). The summed E-state index contributed by atoms with van der Waals surface area (Å²) >= 11 is 0. The number of amides is 1. The van der Waals surface area contributed by atoms with Crippen LogP contribution in [0.4, 0.5) is 4.39 Å². The summed E-state index contributed by atoms with van der Waals surface area (Å²) in [6.45, 7) is 3.76. The molecule has 2 saturated heterocycles. The number of phenols is 1. The van der Waals surface area contributed by atoms with Crippen LogP contribution in [0.2, 0.25) is 0 Å². The summed E-state index contributed by atoms with van der Waals surface area (Å²) in [6, 6.07) is 3.90. The van der Waals surface area contributed by atoms with Gasteiger partial charge in [-0.25, -0.2) is 4.39 Å². The molecule has 1 amide bonds. The summed E-state index contributed by atoms with van der Waals surface area (Å²) in [5.41, 5.74) is 0.181. The van der Waals surface area contributed by atoms with Gasteiger partial charge in [0.1, 0.15) is 11.6 Å². The van der Waals surface area contributed by atoms with Gasteiger partial charge in [0.05, 0.1) is 5.56 Å². The number of benzene rings is 1. The van der Waals surface area contributed by atoms with Crippen molar-refractivity contribution < 1.29 is 14.3 Å². The molecule has 0 radical (unpaired) electrons. The van der Waals surface area contributed by atoms with Crippen molar-refractivity contribution in [3.8, 4) is 5.75 Å². The Kier molecular flexibility index (Phi) is 2.93. The number of hydrogen-bond donors (Lipinski definition) is 2. The molecule has 2 fully saturated rings. The van der Waals surface area contributed by atoms with E-state index < -0.39 is 5.82 Å². The summed E-state index contributed by atoms with van der Waals surface area (Å²) in [5, 5.41) is 13.0. The van der Waals surface area contributed by atoms with E-state index in [1.54, 1.807) is 0 Å². The molecule has 0 aromatic heterocycles. The molecular weight excluding hydrogens is 247 g/mol. The van der Waals surface area contributed by atoms with Gasteiger partial charge in [-0.15, -0.1) is 0 Å². The molecule has 102 valence electrons. The fraction of sp³-hybridized carbons (Fsp3) is 0.500. The molecule has 2 aliphatic rings. The maximum atomic E-state index is 13.0. The Morgan fingerprint density at radius 3 is 3.00 bits per heavy atom. The Balaban J connectivity index is 1.90. The quantitative estimate of drug-likeness (QED) is 0.805. The minimum atomic E-state index is -0.538. The summed E-state index contributed by atoms with van der Waals surface area (Å²) in [6.07, 6.45) is 0.978. The highest BCUT2D eigenvalue weighted by Gasteiger charge is 2.44. The van der Waals surface area contributed by atoms with E-state index in [2.05, 4.69) is 5.32 Å². The van der Waals surface area contributed by atoms with Crippen LogP contribution in [0.5, 0.6) is 5.75 Å². The second-order valence-corrected chi connectivity index (χ2v) is 5.44. The number of phenolic OH excluding ortho intramolecular Hbond substituents is 1. The lowest BCUT2D eigenvalue weighted by Crippen LogP contribution is -2.42. The summed E-state index contributed by atoms with van der Waals surface area (Å²) in [4.78, 5) is 14.4. The first-order chi connectivity index (χ1) is 9.08. The van der Waals surface area contributed by atoms with Gasteiger partial charge >= 0.3 is 0 Å². The van der Waals surface area contributed by atoms with E-state index >= 15 is 0 Å². The topological polar surface area (TPSA) is 52.6 Å². The first-order valence-electron chi connectivity index (χ1n) is 6.60. The van der Waals surface area contributed by atoms with Crippen molar-refractivity contribution in [1.82, 2.24) is 10.2 Å². The first kappa shape index (κ1) is 12.4. The Bertz CT molecular complexity index is 520. The van der Waals surface area contributed by atoms with Crippen LogP contribution in [0.1, 0.15) is 23.7 Å². The Labute approximate surface area is 111 Å². The largest absolute Gasteiger partial charge is 0.507 e. The number of carbonyl (C=O) groups is 1. The van der Waals surface area contributed by atoms with Crippen molar-refractivity contribution in [2.75, 3.05) is 13.1 Å². The zero-order valence-corrected chi connectivity index (χ0v) is 10.8. The molecule has 0 aliphatic carbocycles. The molecule has 2 N–H and O–H groups in total. The minimum absolute atomic E-state index is 0.161. The molecule has 0 spiro atoms. The zero-order chi connectivity index (χ0) is 13.6. The molecule has 3 atom stereocenters. The van der Waals surface area contributed by atoms with Crippen molar-refractivity contribution in [2.24, 2.45) is 5.92 Å².